The molecule has 19 heavy (non-hydrogen) atoms. The molecule has 0 saturated carbocycles. The molecule has 100 valence electrons. The summed E-state index contributed by atoms with van der Waals surface area (Å²) in [6.07, 6.45) is 0.527. The van der Waals surface area contributed by atoms with Gasteiger partial charge in [0.1, 0.15) is 5.82 Å². The predicted octanol–water partition coefficient (Wildman–Crippen LogP) is 3.48. The molecule has 0 aromatic heterocycles. The highest BCUT2D eigenvalue weighted by molar-refractivity contribution is 5.66. The molecule has 0 amide bonds. The Morgan fingerprint density at radius 1 is 1.11 bits per heavy atom. The molecule has 0 spiro atoms. The van der Waals surface area contributed by atoms with Crippen LogP contribution in [0.15, 0.2) is 48.5 Å². The molecule has 0 radical (unpaired) electrons. The summed E-state index contributed by atoms with van der Waals surface area (Å²) in [7, 11) is 1.94. The summed E-state index contributed by atoms with van der Waals surface area (Å²) in [5, 5.41) is 0. The number of para-hydroxylation sites is 1. The van der Waals surface area contributed by atoms with Crippen LogP contribution >= 0.6 is 0 Å². The Balaban J connectivity index is 2.41. The second-order valence-corrected chi connectivity index (χ2v) is 4.81. The lowest BCUT2D eigenvalue weighted by Crippen LogP contribution is -2.21. The SMILES string of the molecule is CC(N)Cc1c(F)cccc1N(C)c1ccccc1. The van der Waals surface area contributed by atoms with E-state index >= 15 is 0 Å². The molecule has 0 saturated heterocycles. The first-order chi connectivity index (χ1) is 9.09. The van der Waals surface area contributed by atoms with Crippen molar-refractivity contribution in [2.24, 2.45) is 5.73 Å². The fraction of sp³-hybridized carbons (Fsp3) is 0.250. The van der Waals surface area contributed by atoms with Crippen LogP contribution in [-0.4, -0.2) is 13.1 Å². The molecule has 0 bridgehead atoms. The van der Waals surface area contributed by atoms with Gasteiger partial charge in [-0.05, 0) is 37.6 Å². The minimum Gasteiger partial charge on any atom is -0.344 e. The van der Waals surface area contributed by atoms with Gasteiger partial charge < -0.3 is 10.6 Å². The summed E-state index contributed by atoms with van der Waals surface area (Å²) >= 11 is 0. The first-order valence-electron chi connectivity index (χ1n) is 6.41. The van der Waals surface area contributed by atoms with Crippen LogP contribution in [0.3, 0.4) is 0 Å². The fourth-order valence-corrected chi connectivity index (χ4v) is 2.18. The highest BCUT2D eigenvalue weighted by atomic mass is 19.1. The molecule has 0 aliphatic carbocycles. The van der Waals surface area contributed by atoms with Crippen LogP contribution in [0, 0.1) is 5.82 Å². The highest BCUT2D eigenvalue weighted by Gasteiger charge is 2.14. The van der Waals surface area contributed by atoms with E-state index < -0.39 is 0 Å². The van der Waals surface area contributed by atoms with E-state index in [1.54, 1.807) is 6.07 Å². The van der Waals surface area contributed by atoms with Crippen molar-refractivity contribution in [1.29, 1.82) is 0 Å². The van der Waals surface area contributed by atoms with Crippen molar-refractivity contribution in [2.45, 2.75) is 19.4 Å². The van der Waals surface area contributed by atoms with Crippen LogP contribution in [0.25, 0.3) is 0 Å². The summed E-state index contributed by atoms with van der Waals surface area (Å²) in [6.45, 7) is 1.89. The summed E-state index contributed by atoms with van der Waals surface area (Å²) in [5.74, 6) is -0.197. The zero-order valence-electron chi connectivity index (χ0n) is 11.3. The molecular weight excluding hydrogens is 239 g/mol. The zero-order valence-corrected chi connectivity index (χ0v) is 11.3. The number of hydrogen-bond donors (Lipinski definition) is 1. The Kier molecular flexibility index (Phi) is 4.17. The third-order valence-electron chi connectivity index (χ3n) is 3.13. The van der Waals surface area contributed by atoms with Gasteiger partial charge in [0.2, 0.25) is 0 Å². The summed E-state index contributed by atoms with van der Waals surface area (Å²) in [5.41, 5.74) is 8.38. The summed E-state index contributed by atoms with van der Waals surface area (Å²) in [6, 6.07) is 15.0. The molecule has 1 atom stereocenters. The minimum absolute atomic E-state index is 0.0696. The van der Waals surface area contributed by atoms with Crippen LogP contribution in [0.2, 0.25) is 0 Å². The average molecular weight is 258 g/mol. The molecule has 2 N–H and O–H groups in total. The van der Waals surface area contributed by atoms with Crippen LogP contribution in [-0.2, 0) is 6.42 Å². The maximum Gasteiger partial charge on any atom is 0.128 e. The molecule has 2 nitrogen and oxygen atoms in total. The maximum absolute atomic E-state index is 14.0. The largest absolute Gasteiger partial charge is 0.344 e. The van der Waals surface area contributed by atoms with Gasteiger partial charge in [0.05, 0.1) is 0 Å². The predicted molar refractivity (Wildman–Crippen MR) is 78.3 cm³/mol. The van der Waals surface area contributed by atoms with Gasteiger partial charge in [0, 0.05) is 30.0 Å². The van der Waals surface area contributed by atoms with Crippen molar-refractivity contribution in [3.63, 3.8) is 0 Å². The van der Waals surface area contributed by atoms with Gasteiger partial charge in [-0.3, -0.25) is 0 Å². The quantitative estimate of drug-likeness (QED) is 0.909. The topological polar surface area (TPSA) is 29.3 Å². The van der Waals surface area contributed by atoms with Gasteiger partial charge >= 0.3 is 0 Å². The standard InChI is InChI=1S/C16H19FN2/c1-12(18)11-14-15(17)9-6-10-16(14)19(2)13-7-4-3-5-8-13/h3-10,12H,11,18H2,1-2H3. The molecule has 0 heterocycles. The van der Waals surface area contributed by atoms with E-state index in [2.05, 4.69) is 0 Å². The fourth-order valence-electron chi connectivity index (χ4n) is 2.18. The molecular formula is C16H19FN2. The first kappa shape index (κ1) is 13.6. The molecule has 0 fully saturated rings. The van der Waals surface area contributed by atoms with Gasteiger partial charge in [-0.2, -0.15) is 0 Å². The Bertz CT molecular complexity index is 538. The molecule has 1 unspecified atom stereocenters. The lowest BCUT2D eigenvalue weighted by molar-refractivity contribution is 0.596. The van der Waals surface area contributed by atoms with E-state index in [0.29, 0.717) is 12.0 Å². The second kappa shape index (κ2) is 5.85. The normalized spacial score (nSPS) is 12.2. The van der Waals surface area contributed by atoms with Crippen LogP contribution in [0.5, 0.6) is 0 Å². The molecule has 2 aromatic carbocycles. The second-order valence-electron chi connectivity index (χ2n) is 4.81. The van der Waals surface area contributed by atoms with E-state index in [0.717, 1.165) is 11.4 Å². The van der Waals surface area contributed by atoms with Gasteiger partial charge in [-0.15, -0.1) is 0 Å². The Morgan fingerprint density at radius 2 is 1.79 bits per heavy atom. The minimum atomic E-state index is -0.197. The Morgan fingerprint density at radius 3 is 2.42 bits per heavy atom. The average Bonchev–Trinajstić information content (AvgIpc) is 2.41. The molecule has 0 aliphatic rings. The van der Waals surface area contributed by atoms with E-state index in [9.17, 15) is 4.39 Å². The Hall–Kier alpha value is -1.87. The van der Waals surface area contributed by atoms with Crippen LogP contribution in [0.1, 0.15) is 12.5 Å². The number of rotatable bonds is 4. The number of hydrogen-bond acceptors (Lipinski definition) is 2. The number of halogens is 1. The summed E-state index contributed by atoms with van der Waals surface area (Å²) in [4.78, 5) is 1.99. The van der Waals surface area contributed by atoms with Crippen LogP contribution in [0.4, 0.5) is 15.8 Å². The first-order valence-corrected chi connectivity index (χ1v) is 6.41. The van der Waals surface area contributed by atoms with Crippen molar-refractivity contribution in [3.8, 4) is 0 Å². The van der Waals surface area contributed by atoms with Crippen molar-refractivity contribution >= 4 is 11.4 Å². The van der Waals surface area contributed by atoms with E-state index in [1.165, 1.54) is 6.07 Å². The summed E-state index contributed by atoms with van der Waals surface area (Å²) < 4.78 is 14.0. The molecule has 2 aromatic rings. The van der Waals surface area contributed by atoms with Crippen molar-refractivity contribution in [3.05, 3.63) is 59.9 Å². The van der Waals surface area contributed by atoms with Gasteiger partial charge in [-0.25, -0.2) is 4.39 Å². The maximum atomic E-state index is 14.0. The van der Waals surface area contributed by atoms with Gasteiger partial charge in [-0.1, -0.05) is 24.3 Å². The molecule has 3 heteroatoms. The number of nitrogens with two attached hydrogens (primary N) is 1. The number of nitrogens with zero attached hydrogens (tertiary/aromatic N) is 1. The zero-order chi connectivity index (χ0) is 13.8. The highest BCUT2D eigenvalue weighted by Crippen LogP contribution is 2.29. The lowest BCUT2D eigenvalue weighted by atomic mass is 10.0. The third kappa shape index (κ3) is 3.12. The van der Waals surface area contributed by atoms with Crippen molar-refractivity contribution < 1.29 is 4.39 Å². The van der Waals surface area contributed by atoms with Crippen molar-refractivity contribution in [1.82, 2.24) is 0 Å². The van der Waals surface area contributed by atoms with Gasteiger partial charge in [0.25, 0.3) is 0 Å². The van der Waals surface area contributed by atoms with E-state index in [4.69, 9.17) is 5.73 Å². The van der Waals surface area contributed by atoms with Crippen molar-refractivity contribution in [2.75, 3.05) is 11.9 Å². The van der Waals surface area contributed by atoms with E-state index in [1.807, 2.05) is 55.3 Å². The molecule has 0 aliphatic heterocycles. The number of anilines is 2. The molecule has 2 rings (SSSR count). The van der Waals surface area contributed by atoms with Gasteiger partial charge in [0.15, 0.2) is 0 Å². The monoisotopic (exact) mass is 258 g/mol. The number of benzene rings is 2. The third-order valence-corrected chi connectivity index (χ3v) is 3.13. The van der Waals surface area contributed by atoms with E-state index in [-0.39, 0.29) is 11.9 Å². The van der Waals surface area contributed by atoms with Crippen LogP contribution < -0.4 is 10.6 Å². The Labute approximate surface area is 113 Å². The lowest BCUT2D eigenvalue weighted by Gasteiger charge is -2.23. The smallest absolute Gasteiger partial charge is 0.128 e.